The van der Waals surface area contributed by atoms with E-state index in [1.165, 1.54) is 0 Å². The first-order chi connectivity index (χ1) is 10.2. The Kier molecular flexibility index (Phi) is 3.39. The lowest BCUT2D eigenvalue weighted by atomic mass is 10.0. The van der Waals surface area contributed by atoms with Gasteiger partial charge in [0.15, 0.2) is 11.5 Å². The van der Waals surface area contributed by atoms with Crippen molar-refractivity contribution in [2.45, 2.75) is 13.3 Å². The van der Waals surface area contributed by atoms with E-state index in [2.05, 4.69) is 5.16 Å². The quantitative estimate of drug-likeness (QED) is 0.789. The monoisotopic (exact) mass is 284 g/mol. The van der Waals surface area contributed by atoms with Crippen molar-refractivity contribution in [1.82, 2.24) is 5.16 Å². The van der Waals surface area contributed by atoms with E-state index in [4.69, 9.17) is 19.4 Å². The smallest absolute Gasteiger partial charge is 0.230 e. The van der Waals surface area contributed by atoms with Gasteiger partial charge in [-0.15, -0.1) is 0 Å². The summed E-state index contributed by atoms with van der Waals surface area (Å²) in [6.07, 6.45) is 0.825. The molecule has 0 bridgehead atoms. The number of aryl methyl sites for hydroxylation is 1. The molecule has 0 aliphatic rings. The molecule has 108 valence electrons. The summed E-state index contributed by atoms with van der Waals surface area (Å²) in [6, 6.07) is 11.4. The van der Waals surface area contributed by atoms with E-state index < -0.39 is 0 Å². The summed E-state index contributed by atoms with van der Waals surface area (Å²) in [5, 5.41) is 4.03. The Balaban J connectivity index is 2.07. The fraction of sp³-hybridized carbons (Fsp3) is 0.188. The molecule has 5 nitrogen and oxygen atoms in total. The zero-order chi connectivity index (χ0) is 14.8. The van der Waals surface area contributed by atoms with E-state index >= 15 is 0 Å². The minimum absolute atomic E-state index is 0.268. The Morgan fingerprint density at radius 2 is 1.90 bits per heavy atom. The van der Waals surface area contributed by atoms with Crippen molar-refractivity contribution < 1.29 is 13.7 Å². The molecule has 0 saturated heterocycles. The molecule has 5 heteroatoms. The summed E-state index contributed by atoms with van der Waals surface area (Å²) in [5.74, 6) is 2.59. The highest BCUT2D eigenvalue weighted by molar-refractivity contribution is 5.85. The number of nitrogen functional groups attached to an aromatic ring is 1. The molecular formula is C16H16N2O3. The van der Waals surface area contributed by atoms with Crippen molar-refractivity contribution in [2.75, 3.05) is 12.8 Å². The second-order valence-electron chi connectivity index (χ2n) is 4.62. The van der Waals surface area contributed by atoms with Gasteiger partial charge in [0.05, 0.1) is 12.7 Å². The third-order valence-electron chi connectivity index (χ3n) is 3.34. The fourth-order valence-electron chi connectivity index (χ4n) is 2.20. The maximum Gasteiger partial charge on any atom is 0.230 e. The highest BCUT2D eigenvalue weighted by Crippen LogP contribution is 2.37. The van der Waals surface area contributed by atoms with Crippen LogP contribution in [0, 0.1) is 0 Å². The second kappa shape index (κ2) is 5.36. The van der Waals surface area contributed by atoms with Crippen LogP contribution in [0.2, 0.25) is 0 Å². The van der Waals surface area contributed by atoms with Crippen LogP contribution in [0.5, 0.6) is 5.75 Å². The van der Waals surface area contributed by atoms with Crippen molar-refractivity contribution in [3.63, 3.8) is 0 Å². The number of furan rings is 1. The van der Waals surface area contributed by atoms with Gasteiger partial charge in [-0.25, -0.2) is 0 Å². The lowest BCUT2D eigenvalue weighted by Gasteiger charge is -2.03. The summed E-state index contributed by atoms with van der Waals surface area (Å²) in [6.45, 7) is 2.03. The normalized spacial score (nSPS) is 10.8. The van der Waals surface area contributed by atoms with E-state index in [0.29, 0.717) is 11.5 Å². The first-order valence-electron chi connectivity index (χ1n) is 6.71. The van der Waals surface area contributed by atoms with Crippen LogP contribution >= 0.6 is 0 Å². The van der Waals surface area contributed by atoms with Crippen LogP contribution in [-0.4, -0.2) is 12.3 Å². The van der Waals surface area contributed by atoms with E-state index in [9.17, 15) is 0 Å². The number of aromatic nitrogens is 1. The maximum absolute atomic E-state index is 5.92. The number of benzene rings is 1. The molecule has 0 radical (unpaired) electrons. The van der Waals surface area contributed by atoms with Gasteiger partial charge in [-0.3, -0.25) is 0 Å². The summed E-state index contributed by atoms with van der Waals surface area (Å²) in [4.78, 5) is 0. The molecule has 0 saturated carbocycles. The van der Waals surface area contributed by atoms with E-state index in [0.717, 1.165) is 29.1 Å². The van der Waals surface area contributed by atoms with Gasteiger partial charge < -0.3 is 19.4 Å². The number of hydrogen-bond acceptors (Lipinski definition) is 5. The molecule has 0 fully saturated rings. The van der Waals surface area contributed by atoms with Gasteiger partial charge in [0.25, 0.3) is 0 Å². The number of hydrogen-bond donors (Lipinski definition) is 1. The third kappa shape index (κ3) is 2.38. The van der Waals surface area contributed by atoms with Crippen LogP contribution < -0.4 is 10.5 Å². The van der Waals surface area contributed by atoms with Crippen molar-refractivity contribution in [1.29, 1.82) is 0 Å². The average molecular weight is 284 g/mol. The van der Waals surface area contributed by atoms with Crippen LogP contribution in [0.4, 0.5) is 5.88 Å². The first-order valence-corrected chi connectivity index (χ1v) is 6.71. The maximum atomic E-state index is 5.92. The molecule has 21 heavy (non-hydrogen) atoms. The lowest BCUT2D eigenvalue weighted by Crippen LogP contribution is -1.88. The zero-order valence-electron chi connectivity index (χ0n) is 11.9. The number of ether oxygens (including phenoxy) is 1. The van der Waals surface area contributed by atoms with Crippen LogP contribution in [0.15, 0.2) is 45.3 Å². The third-order valence-corrected chi connectivity index (χ3v) is 3.34. The fourth-order valence-corrected chi connectivity index (χ4v) is 2.20. The van der Waals surface area contributed by atoms with Crippen LogP contribution in [0.3, 0.4) is 0 Å². The van der Waals surface area contributed by atoms with E-state index in [1.807, 2.05) is 43.3 Å². The molecule has 0 spiro atoms. The van der Waals surface area contributed by atoms with Crippen molar-refractivity contribution in [3.05, 3.63) is 42.2 Å². The number of anilines is 1. The zero-order valence-corrected chi connectivity index (χ0v) is 11.9. The largest absolute Gasteiger partial charge is 0.497 e. The van der Waals surface area contributed by atoms with Crippen molar-refractivity contribution in [2.24, 2.45) is 0 Å². The molecule has 2 heterocycles. The van der Waals surface area contributed by atoms with Gasteiger partial charge >= 0.3 is 0 Å². The van der Waals surface area contributed by atoms with Crippen LogP contribution in [0.1, 0.15) is 12.7 Å². The Morgan fingerprint density at radius 1 is 1.14 bits per heavy atom. The van der Waals surface area contributed by atoms with E-state index in [1.54, 1.807) is 7.11 Å². The Labute approximate surface area is 122 Å². The van der Waals surface area contributed by atoms with Crippen molar-refractivity contribution in [3.8, 4) is 28.3 Å². The predicted octanol–water partition coefficient (Wildman–Crippen LogP) is 3.75. The average Bonchev–Trinajstić information content (AvgIpc) is 3.13. The van der Waals surface area contributed by atoms with Crippen LogP contribution in [0.25, 0.3) is 22.6 Å². The standard InChI is InChI=1S/C16H16N2O3/c1-3-11-8-9-13(20-11)15-14(16(17)21-18-15)10-4-6-12(19-2)7-5-10/h4-9H,3,17H2,1-2H3. The Hall–Kier alpha value is -2.69. The molecule has 2 N–H and O–H groups in total. The van der Waals surface area contributed by atoms with Gasteiger partial charge in [-0.2, -0.15) is 0 Å². The van der Waals surface area contributed by atoms with Gasteiger partial charge in [-0.05, 0) is 29.8 Å². The SMILES string of the molecule is CCc1ccc(-c2noc(N)c2-c2ccc(OC)cc2)o1. The molecule has 2 aromatic heterocycles. The van der Waals surface area contributed by atoms with Crippen molar-refractivity contribution >= 4 is 5.88 Å². The number of methoxy groups -OCH3 is 1. The minimum Gasteiger partial charge on any atom is -0.497 e. The molecule has 0 atom stereocenters. The Bertz CT molecular complexity index is 741. The van der Waals surface area contributed by atoms with E-state index in [-0.39, 0.29) is 5.88 Å². The number of nitrogens with zero attached hydrogens (tertiary/aromatic N) is 1. The second-order valence-corrected chi connectivity index (χ2v) is 4.62. The van der Waals surface area contributed by atoms with Gasteiger partial charge in [0.1, 0.15) is 11.5 Å². The molecule has 0 aliphatic carbocycles. The number of nitrogens with two attached hydrogens (primary N) is 1. The Morgan fingerprint density at radius 3 is 2.52 bits per heavy atom. The van der Waals surface area contributed by atoms with Crippen LogP contribution in [-0.2, 0) is 6.42 Å². The summed E-state index contributed by atoms with van der Waals surface area (Å²) >= 11 is 0. The molecule has 0 amide bonds. The highest BCUT2D eigenvalue weighted by Gasteiger charge is 2.20. The van der Waals surface area contributed by atoms with Gasteiger partial charge in [0, 0.05) is 6.42 Å². The topological polar surface area (TPSA) is 74.4 Å². The highest BCUT2D eigenvalue weighted by atomic mass is 16.5. The molecule has 1 aromatic carbocycles. The summed E-state index contributed by atoms with van der Waals surface area (Å²) < 4.78 is 16.0. The minimum atomic E-state index is 0.268. The lowest BCUT2D eigenvalue weighted by molar-refractivity contribution is 0.415. The summed E-state index contributed by atoms with van der Waals surface area (Å²) in [7, 11) is 1.63. The molecule has 0 aliphatic heterocycles. The molecule has 0 unspecified atom stereocenters. The molecular weight excluding hydrogens is 268 g/mol. The predicted molar refractivity (Wildman–Crippen MR) is 80.0 cm³/mol. The summed E-state index contributed by atoms with van der Waals surface area (Å²) in [5.41, 5.74) is 8.16. The molecule has 3 aromatic rings. The van der Waals surface area contributed by atoms with Gasteiger partial charge in [-0.1, -0.05) is 24.2 Å². The molecule has 3 rings (SSSR count). The van der Waals surface area contributed by atoms with Gasteiger partial charge in [0.2, 0.25) is 5.88 Å². The first kappa shape index (κ1) is 13.3. The number of rotatable bonds is 4.